The molecule has 0 spiro atoms. The molecule has 2 unspecified atom stereocenters. The summed E-state index contributed by atoms with van der Waals surface area (Å²) >= 11 is 0. The second-order valence-electron chi connectivity index (χ2n) is 4.59. The molecule has 94 valence electrons. The monoisotopic (exact) mass is 230 g/mol. The van der Waals surface area contributed by atoms with Gasteiger partial charge >= 0.3 is 0 Å². The van der Waals surface area contributed by atoms with Crippen LogP contribution in [0.25, 0.3) is 0 Å². The highest BCUT2D eigenvalue weighted by atomic mass is 16.5. The maximum atomic E-state index is 12.1. The summed E-state index contributed by atoms with van der Waals surface area (Å²) in [7, 11) is 0. The molecule has 1 heterocycles. The van der Waals surface area contributed by atoms with Gasteiger partial charge < -0.3 is 20.5 Å². The normalized spacial score (nSPS) is 25.2. The van der Waals surface area contributed by atoms with Gasteiger partial charge in [-0.25, -0.2) is 0 Å². The summed E-state index contributed by atoms with van der Waals surface area (Å²) in [5.41, 5.74) is 5.19. The molecule has 0 aromatic heterocycles. The molecule has 1 aliphatic heterocycles. The maximum Gasteiger partial charge on any atom is 0.242 e. The lowest BCUT2D eigenvalue weighted by Gasteiger charge is -2.36. The third-order valence-corrected chi connectivity index (χ3v) is 2.89. The molecule has 5 nitrogen and oxygen atoms in total. The first-order valence-electron chi connectivity index (χ1n) is 5.82. The Morgan fingerprint density at radius 3 is 2.94 bits per heavy atom. The van der Waals surface area contributed by atoms with Gasteiger partial charge in [-0.15, -0.1) is 0 Å². The number of aliphatic hydroxyl groups is 1. The van der Waals surface area contributed by atoms with Crippen LogP contribution >= 0.6 is 0 Å². The molecule has 1 fully saturated rings. The molecule has 1 saturated heterocycles. The van der Waals surface area contributed by atoms with Crippen molar-refractivity contribution in [2.75, 3.05) is 26.3 Å². The van der Waals surface area contributed by atoms with E-state index in [9.17, 15) is 4.79 Å². The van der Waals surface area contributed by atoms with E-state index >= 15 is 0 Å². The lowest BCUT2D eigenvalue weighted by Crippen LogP contribution is -2.57. The van der Waals surface area contributed by atoms with Gasteiger partial charge in [0.2, 0.25) is 5.91 Å². The molecule has 1 rings (SSSR count). The van der Waals surface area contributed by atoms with Gasteiger partial charge in [0, 0.05) is 13.1 Å². The van der Waals surface area contributed by atoms with Crippen LogP contribution < -0.4 is 5.73 Å². The van der Waals surface area contributed by atoms with Crippen molar-refractivity contribution in [2.24, 2.45) is 5.73 Å². The zero-order valence-electron chi connectivity index (χ0n) is 10.1. The summed E-state index contributed by atoms with van der Waals surface area (Å²) in [5.74, 6) is -0.0453. The van der Waals surface area contributed by atoms with E-state index in [1.54, 1.807) is 11.8 Å². The third kappa shape index (κ3) is 3.17. The van der Waals surface area contributed by atoms with Gasteiger partial charge in [-0.2, -0.15) is 0 Å². The number of rotatable bonds is 4. The zero-order valence-corrected chi connectivity index (χ0v) is 10.1. The standard InChI is InChI=1S/C11H22N2O3/c1-3-4-11(2,12)10(15)13-5-6-16-9(7-13)8-14/h9,14H,3-8,12H2,1-2H3. The van der Waals surface area contributed by atoms with Gasteiger partial charge in [-0.3, -0.25) is 4.79 Å². The van der Waals surface area contributed by atoms with Gasteiger partial charge in [0.15, 0.2) is 0 Å². The lowest BCUT2D eigenvalue weighted by molar-refractivity contribution is -0.145. The van der Waals surface area contributed by atoms with E-state index in [2.05, 4.69) is 0 Å². The van der Waals surface area contributed by atoms with E-state index in [0.717, 1.165) is 6.42 Å². The average molecular weight is 230 g/mol. The molecule has 5 heteroatoms. The van der Waals surface area contributed by atoms with Crippen LogP contribution in [0.3, 0.4) is 0 Å². The van der Waals surface area contributed by atoms with Crippen LogP contribution in [-0.2, 0) is 9.53 Å². The van der Waals surface area contributed by atoms with E-state index in [0.29, 0.717) is 26.1 Å². The molecular formula is C11H22N2O3. The van der Waals surface area contributed by atoms with E-state index < -0.39 is 5.54 Å². The number of morpholine rings is 1. The first-order chi connectivity index (χ1) is 7.51. The van der Waals surface area contributed by atoms with E-state index in [1.165, 1.54) is 0 Å². The molecular weight excluding hydrogens is 208 g/mol. The van der Waals surface area contributed by atoms with Crippen molar-refractivity contribution in [3.8, 4) is 0 Å². The number of aliphatic hydroxyl groups excluding tert-OH is 1. The van der Waals surface area contributed by atoms with Crippen LogP contribution in [0, 0.1) is 0 Å². The molecule has 0 aromatic rings. The Bertz CT molecular complexity index is 243. The summed E-state index contributed by atoms with van der Waals surface area (Å²) in [5, 5.41) is 9.00. The van der Waals surface area contributed by atoms with Gasteiger partial charge in [-0.1, -0.05) is 13.3 Å². The minimum absolute atomic E-state index is 0.0453. The summed E-state index contributed by atoms with van der Waals surface area (Å²) in [4.78, 5) is 13.8. The molecule has 0 saturated carbocycles. The summed E-state index contributed by atoms with van der Waals surface area (Å²) in [6, 6.07) is 0. The highest BCUT2D eigenvalue weighted by Gasteiger charge is 2.34. The molecule has 2 atom stereocenters. The van der Waals surface area contributed by atoms with Crippen molar-refractivity contribution in [1.82, 2.24) is 4.90 Å². The first-order valence-corrected chi connectivity index (χ1v) is 5.82. The topological polar surface area (TPSA) is 75.8 Å². The first kappa shape index (κ1) is 13.4. The third-order valence-electron chi connectivity index (χ3n) is 2.89. The summed E-state index contributed by atoms with van der Waals surface area (Å²) in [6.45, 7) is 5.19. The van der Waals surface area contributed by atoms with E-state index in [1.807, 2.05) is 6.92 Å². The Kier molecular flexibility index (Phi) is 4.70. The average Bonchev–Trinajstić information content (AvgIpc) is 2.28. The molecule has 0 bridgehead atoms. The predicted octanol–water partition coefficient (Wildman–Crippen LogP) is -0.276. The second kappa shape index (κ2) is 5.61. The number of amides is 1. The molecule has 1 aliphatic rings. The summed E-state index contributed by atoms with van der Waals surface area (Å²) in [6.07, 6.45) is 1.29. The van der Waals surface area contributed by atoms with Crippen LogP contribution in [0.15, 0.2) is 0 Å². The van der Waals surface area contributed by atoms with Crippen molar-refractivity contribution >= 4 is 5.91 Å². The number of carbonyl (C=O) groups excluding carboxylic acids is 1. The van der Waals surface area contributed by atoms with Gasteiger partial charge in [0.1, 0.15) is 0 Å². The highest BCUT2D eigenvalue weighted by Crippen LogP contribution is 2.15. The van der Waals surface area contributed by atoms with Crippen LogP contribution in [0.5, 0.6) is 0 Å². The van der Waals surface area contributed by atoms with Crippen LogP contribution in [0.2, 0.25) is 0 Å². The molecule has 0 aromatic carbocycles. The van der Waals surface area contributed by atoms with Crippen molar-refractivity contribution in [3.63, 3.8) is 0 Å². The Morgan fingerprint density at radius 2 is 2.38 bits per heavy atom. The van der Waals surface area contributed by atoms with Crippen molar-refractivity contribution in [1.29, 1.82) is 0 Å². The molecule has 3 N–H and O–H groups in total. The minimum atomic E-state index is -0.800. The van der Waals surface area contributed by atoms with Gasteiger partial charge in [0.05, 0.1) is 24.9 Å². The number of ether oxygens (including phenoxy) is 1. The number of nitrogens with two attached hydrogens (primary N) is 1. The second-order valence-corrected chi connectivity index (χ2v) is 4.59. The SMILES string of the molecule is CCCC(C)(N)C(=O)N1CCOC(CO)C1. The molecule has 0 aliphatic carbocycles. The van der Waals surface area contributed by atoms with E-state index in [4.69, 9.17) is 15.6 Å². The Hall–Kier alpha value is -0.650. The smallest absolute Gasteiger partial charge is 0.242 e. The minimum Gasteiger partial charge on any atom is -0.394 e. The van der Waals surface area contributed by atoms with Crippen LogP contribution in [-0.4, -0.2) is 53.9 Å². The molecule has 1 amide bonds. The predicted molar refractivity (Wildman–Crippen MR) is 60.9 cm³/mol. The van der Waals surface area contributed by atoms with Gasteiger partial charge in [0.25, 0.3) is 0 Å². The summed E-state index contributed by atoms with van der Waals surface area (Å²) < 4.78 is 5.30. The lowest BCUT2D eigenvalue weighted by atomic mass is 9.95. The van der Waals surface area contributed by atoms with Crippen molar-refractivity contribution in [3.05, 3.63) is 0 Å². The quantitative estimate of drug-likeness (QED) is 0.696. The van der Waals surface area contributed by atoms with Crippen molar-refractivity contribution < 1.29 is 14.6 Å². The number of hydrogen-bond acceptors (Lipinski definition) is 4. The van der Waals surface area contributed by atoms with Crippen LogP contribution in [0.1, 0.15) is 26.7 Å². The largest absolute Gasteiger partial charge is 0.394 e. The Labute approximate surface area is 96.6 Å². The molecule has 16 heavy (non-hydrogen) atoms. The maximum absolute atomic E-state index is 12.1. The fourth-order valence-corrected chi connectivity index (χ4v) is 2.00. The number of carbonyl (C=O) groups is 1. The van der Waals surface area contributed by atoms with E-state index in [-0.39, 0.29) is 18.6 Å². The zero-order chi connectivity index (χ0) is 12.2. The number of nitrogens with zero attached hydrogens (tertiary/aromatic N) is 1. The highest BCUT2D eigenvalue weighted by molar-refractivity contribution is 5.85. The van der Waals surface area contributed by atoms with Crippen molar-refractivity contribution in [2.45, 2.75) is 38.3 Å². The molecule has 0 radical (unpaired) electrons. The fraction of sp³-hybridized carbons (Fsp3) is 0.909. The van der Waals surface area contributed by atoms with Crippen LogP contribution in [0.4, 0.5) is 0 Å². The number of hydrogen-bond donors (Lipinski definition) is 2. The fourth-order valence-electron chi connectivity index (χ4n) is 2.00. The Balaban J connectivity index is 2.59. The Morgan fingerprint density at radius 1 is 1.69 bits per heavy atom. The van der Waals surface area contributed by atoms with Gasteiger partial charge in [-0.05, 0) is 13.3 Å².